The molecule has 0 unspecified atom stereocenters. The molecule has 0 amide bonds. The highest BCUT2D eigenvalue weighted by Gasteiger charge is 2.35. The number of allylic oxidation sites excluding steroid dienone is 1. The summed E-state index contributed by atoms with van der Waals surface area (Å²) in [4.78, 5) is 6.57. The van der Waals surface area contributed by atoms with Crippen LogP contribution < -0.4 is 11.1 Å². The number of nitrogens with two attached hydrogens (primary N) is 1. The summed E-state index contributed by atoms with van der Waals surface area (Å²) in [5.41, 5.74) is 6.03. The van der Waals surface area contributed by atoms with Gasteiger partial charge in [0, 0.05) is 28.2 Å². The Morgan fingerprint density at radius 3 is 2.64 bits per heavy atom. The number of hydrogen-bond donors (Lipinski definition) is 2. The number of benzene rings is 1. The molecule has 1 aliphatic rings. The van der Waals surface area contributed by atoms with E-state index < -0.39 is 11.7 Å². The second-order valence-electron chi connectivity index (χ2n) is 7.45. The Labute approximate surface area is 163 Å². The molecule has 2 aromatic rings. The van der Waals surface area contributed by atoms with Gasteiger partial charge in [0.2, 0.25) is 0 Å². The summed E-state index contributed by atoms with van der Waals surface area (Å²) in [6, 6.07) is 7.56. The molecule has 7 heteroatoms. The third-order valence-electron chi connectivity index (χ3n) is 5.27. The maximum Gasteiger partial charge on any atom is 0.417 e. The number of piperidine rings is 1. The summed E-state index contributed by atoms with van der Waals surface area (Å²) in [7, 11) is 2.10. The van der Waals surface area contributed by atoms with E-state index in [2.05, 4.69) is 28.8 Å². The van der Waals surface area contributed by atoms with Crippen molar-refractivity contribution in [3.8, 4) is 0 Å². The lowest BCUT2D eigenvalue weighted by atomic mass is 9.99. The van der Waals surface area contributed by atoms with Crippen LogP contribution in [0.2, 0.25) is 0 Å². The fraction of sp³-hybridized carbons (Fsp3) is 0.476. The van der Waals surface area contributed by atoms with E-state index >= 15 is 0 Å². The number of fused-ring (bicyclic) bond motifs is 1. The number of aryl methyl sites for hydroxylation is 1. The van der Waals surface area contributed by atoms with Crippen LogP contribution in [0.4, 0.5) is 18.9 Å². The quantitative estimate of drug-likeness (QED) is 0.773. The van der Waals surface area contributed by atoms with Gasteiger partial charge in [-0.05, 0) is 64.5 Å². The minimum atomic E-state index is -4.52. The van der Waals surface area contributed by atoms with E-state index in [-0.39, 0.29) is 5.69 Å². The summed E-state index contributed by atoms with van der Waals surface area (Å²) in [6.45, 7) is 5.75. The number of halogens is 3. The number of alkyl halides is 3. The molecule has 0 saturated carbocycles. The van der Waals surface area contributed by atoms with Gasteiger partial charge in [-0.15, -0.1) is 0 Å². The van der Waals surface area contributed by atoms with Crippen LogP contribution in [-0.2, 0) is 6.42 Å². The maximum atomic E-state index is 13.4. The minimum absolute atomic E-state index is 0.0935. The first-order chi connectivity index (χ1) is 13.3. The summed E-state index contributed by atoms with van der Waals surface area (Å²) < 4.78 is 40.1. The smallest absolute Gasteiger partial charge is 0.382 e. The Kier molecular flexibility index (Phi) is 6.25. The Balaban J connectivity index is 2.04. The number of nitrogens with zero attached hydrogens (tertiary/aromatic N) is 2. The van der Waals surface area contributed by atoms with Crippen molar-refractivity contribution in [1.82, 2.24) is 9.88 Å². The first kappa shape index (κ1) is 20.6. The van der Waals surface area contributed by atoms with Crippen molar-refractivity contribution in [1.29, 1.82) is 0 Å². The molecule has 1 aromatic heterocycles. The average Bonchev–Trinajstić information content (AvgIpc) is 2.66. The van der Waals surface area contributed by atoms with Crippen molar-refractivity contribution in [2.75, 3.05) is 32.0 Å². The number of hydrogen-bond acceptors (Lipinski definition) is 4. The highest BCUT2D eigenvalue weighted by molar-refractivity contribution is 6.00. The lowest BCUT2D eigenvalue weighted by Crippen LogP contribution is -2.36. The van der Waals surface area contributed by atoms with Crippen molar-refractivity contribution in [3.05, 3.63) is 42.2 Å². The fourth-order valence-electron chi connectivity index (χ4n) is 3.60. The van der Waals surface area contributed by atoms with Crippen LogP contribution in [0.5, 0.6) is 0 Å². The SMILES string of the molecule is C=C(c1nc(CCCN)cc2c(NC3CCN(C)CC3)cccc12)C(F)(F)F. The Morgan fingerprint density at radius 2 is 2.00 bits per heavy atom. The number of pyridine rings is 1. The summed E-state index contributed by atoms with van der Waals surface area (Å²) in [5.74, 6) is 0. The Hall–Kier alpha value is -2.12. The predicted molar refractivity (Wildman–Crippen MR) is 108 cm³/mol. The molecule has 28 heavy (non-hydrogen) atoms. The van der Waals surface area contributed by atoms with Crippen molar-refractivity contribution >= 4 is 22.0 Å². The number of anilines is 1. The first-order valence-electron chi connectivity index (χ1n) is 9.64. The zero-order valence-electron chi connectivity index (χ0n) is 16.1. The molecule has 2 heterocycles. The standard InChI is InChI=1S/C21H27F3N4/c1-14(21(22,23)24)20-17-6-3-7-19(26-15-8-11-28(2)12-9-15)18(17)13-16(27-20)5-4-10-25/h3,6-7,13,15,26H,1,4-5,8-12,25H2,2H3. The van der Waals surface area contributed by atoms with Crippen LogP contribution in [0.25, 0.3) is 16.3 Å². The van der Waals surface area contributed by atoms with Crippen LogP contribution in [0.15, 0.2) is 30.8 Å². The number of aromatic nitrogens is 1. The highest BCUT2D eigenvalue weighted by atomic mass is 19.4. The van der Waals surface area contributed by atoms with Gasteiger partial charge in [-0.2, -0.15) is 13.2 Å². The molecule has 4 nitrogen and oxygen atoms in total. The lowest BCUT2D eigenvalue weighted by Gasteiger charge is -2.30. The summed E-state index contributed by atoms with van der Waals surface area (Å²) in [6.07, 6.45) is -1.32. The van der Waals surface area contributed by atoms with Gasteiger partial charge >= 0.3 is 6.18 Å². The van der Waals surface area contributed by atoms with Gasteiger partial charge in [0.15, 0.2) is 0 Å². The largest absolute Gasteiger partial charge is 0.417 e. The third-order valence-corrected chi connectivity index (χ3v) is 5.27. The molecule has 0 aliphatic carbocycles. The number of likely N-dealkylation sites (tertiary alicyclic amines) is 1. The summed E-state index contributed by atoms with van der Waals surface area (Å²) in [5, 5.41) is 4.77. The normalized spacial score (nSPS) is 16.5. The van der Waals surface area contributed by atoms with Gasteiger partial charge in [0.25, 0.3) is 0 Å². The maximum absolute atomic E-state index is 13.4. The monoisotopic (exact) mass is 392 g/mol. The van der Waals surface area contributed by atoms with Gasteiger partial charge in [-0.1, -0.05) is 18.7 Å². The highest BCUT2D eigenvalue weighted by Crippen LogP contribution is 2.37. The van der Waals surface area contributed by atoms with E-state index in [1.807, 2.05) is 12.1 Å². The zero-order valence-corrected chi connectivity index (χ0v) is 16.1. The Morgan fingerprint density at radius 1 is 1.29 bits per heavy atom. The van der Waals surface area contributed by atoms with Crippen LogP contribution in [0, 0.1) is 0 Å². The van der Waals surface area contributed by atoms with E-state index in [9.17, 15) is 13.2 Å². The van der Waals surface area contributed by atoms with Crippen molar-refractivity contribution in [2.24, 2.45) is 5.73 Å². The van der Waals surface area contributed by atoms with E-state index in [0.29, 0.717) is 36.5 Å². The number of nitrogens with one attached hydrogen (secondary N) is 1. The van der Waals surface area contributed by atoms with E-state index in [1.54, 1.807) is 12.1 Å². The molecule has 1 aliphatic heterocycles. The van der Waals surface area contributed by atoms with Crippen molar-refractivity contribution < 1.29 is 13.2 Å². The molecule has 152 valence electrons. The van der Waals surface area contributed by atoms with Gasteiger partial charge < -0.3 is 16.0 Å². The second kappa shape index (κ2) is 8.49. The second-order valence-corrected chi connectivity index (χ2v) is 7.45. The first-order valence-corrected chi connectivity index (χ1v) is 9.64. The molecule has 0 atom stereocenters. The number of rotatable bonds is 6. The van der Waals surface area contributed by atoms with E-state index in [0.717, 1.165) is 37.0 Å². The molecule has 1 aromatic carbocycles. The molecule has 0 radical (unpaired) electrons. The van der Waals surface area contributed by atoms with Crippen molar-refractivity contribution in [2.45, 2.75) is 37.9 Å². The van der Waals surface area contributed by atoms with Gasteiger partial charge in [0.1, 0.15) is 0 Å². The summed E-state index contributed by atoms with van der Waals surface area (Å²) >= 11 is 0. The molecule has 1 saturated heterocycles. The van der Waals surface area contributed by atoms with Crippen LogP contribution >= 0.6 is 0 Å². The van der Waals surface area contributed by atoms with Crippen molar-refractivity contribution in [3.63, 3.8) is 0 Å². The average molecular weight is 392 g/mol. The molecule has 1 fully saturated rings. The van der Waals surface area contributed by atoms with Crippen LogP contribution in [0.3, 0.4) is 0 Å². The Bertz CT molecular complexity index is 839. The molecule has 3 rings (SSSR count). The van der Waals surface area contributed by atoms with Crippen LogP contribution in [-0.4, -0.2) is 48.8 Å². The van der Waals surface area contributed by atoms with Gasteiger partial charge in [-0.3, -0.25) is 4.98 Å². The molecular weight excluding hydrogens is 365 g/mol. The van der Waals surface area contributed by atoms with E-state index in [1.165, 1.54) is 0 Å². The lowest BCUT2D eigenvalue weighted by molar-refractivity contribution is -0.0688. The zero-order chi connectivity index (χ0) is 20.3. The fourth-order valence-corrected chi connectivity index (χ4v) is 3.60. The minimum Gasteiger partial charge on any atom is -0.382 e. The predicted octanol–water partition coefficient (Wildman–Crippen LogP) is 4.21. The molecular formula is C21H27F3N4. The topological polar surface area (TPSA) is 54.2 Å². The van der Waals surface area contributed by atoms with Gasteiger partial charge in [-0.25, -0.2) is 0 Å². The molecule has 3 N–H and O–H groups in total. The molecule has 0 bridgehead atoms. The van der Waals surface area contributed by atoms with Crippen LogP contribution in [0.1, 0.15) is 30.7 Å². The van der Waals surface area contributed by atoms with E-state index in [4.69, 9.17) is 5.73 Å². The molecule has 0 spiro atoms. The third kappa shape index (κ3) is 4.64. The van der Waals surface area contributed by atoms with Gasteiger partial charge in [0.05, 0.1) is 11.3 Å².